The summed E-state index contributed by atoms with van der Waals surface area (Å²) in [4.78, 5) is 26.1. The first-order chi connectivity index (χ1) is 16.4. The Morgan fingerprint density at radius 1 is 1.24 bits per heavy atom. The van der Waals surface area contributed by atoms with E-state index >= 15 is 0 Å². The molecule has 34 heavy (non-hydrogen) atoms. The molecular formula is C26H30N4O3S. The van der Waals surface area contributed by atoms with Gasteiger partial charge in [-0.3, -0.25) is 9.78 Å². The molecule has 0 aliphatic carbocycles. The second-order valence-electron chi connectivity index (χ2n) is 8.55. The highest BCUT2D eigenvalue weighted by Crippen LogP contribution is 2.50. The Hall–Kier alpha value is -3.10. The van der Waals surface area contributed by atoms with Crippen LogP contribution in [0.15, 0.2) is 60.0 Å². The van der Waals surface area contributed by atoms with E-state index in [9.17, 15) is 9.90 Å². The number of ether oxygens (including phenoxy) is 1. The molecule has 0 saturated heterocycles. The zero-order valence-electron chi connectivity index (χ0n) is 19.9. The van der Waals surface area contributed by atoms with Crippen LogP contribution in [0.5, 0.6) is 5.75 Å². The van der Waals surface area contributed by atoms with Crippen molar-refractivity contribution in [3.8, 4) is 16.9 Å². The minimum absolute atomic E-state index is 0.148. The van der Waals surface area contributed by atoms with Gasteiger partial charge in [0.05, 0.1) is 17.7 Å². The first-order valence-electron chi connectivity index (χ1n) is 11.3. The molecule has 3 aromatic rings. The second-order valence-corrected chi connectivity index (χ2v) is 9.59. The van der Waals surface area contributed by atoms with Crippen molar-refractivity contribution in [1.82, 2.24) is 14.9 Å². The smallest absolute Gasteiger partial charge is 0.315 e. The first-order valence-corrected chi connectivity index (χ1v) is 12.3. The average Bonchev–Trinajstić information content (AvgIpc) is 3.12. The molecule has 2 aromatic heterocycles. The number of phenols is 1. The number of pyridine rings is 2. The Labute approximate surface area is 204 Å². The Kier molecular flexibility index (Phi) is 7.38. The lowest BCUT2D eigenvalue weighted by molar-refractivity contribution is -0.145. The van der Waals surface area contributed by atoms with Gasteiger partial charge in [-0.05, 0) is 50.8 Å². The lowest BCUT2D eigenvalue weighted by Crippen LogP contribution is -2.37. The second kappa shape index (κ2) is 10.4. The number of nitrogens with zero attached hydrogens (tertiary/aromatic N) is 4. The maximum Gasteiger partial charge on any atom is 0.315 e. The van der Waals surface area contributed by atoms with E-state index < -0.39 is 5.92 Å². The van der Waals surface area contributed by atoms with Crippen LogP contribution in [0.4, 0.5) is 5.69 Å². The number of aromatic nitrogens is 2. The monoisotopic (exact) mass is 478 g/mol. The summed E-state index contributed by atoms with van der Waals surface area (Å²) < 4.78 is 5.53. The lowest BCUT2D eigenvalue weighted by atomic mass is 9.88. The van der Waals surface area contributed by atoms with E-state index in [0.29, 0.717) is 24.5 Å². The van der Waals surface area contributed by atoms with Crippen LogP contribution in [0.2, 0.25) is 0 Å². The van der Waals surface area contributed by atoms with Crippen LogP contribution >= 0.6 is 11.8 Å². The SMILES string of the molecule is CCOC(=O)C1c2c(cc(-c3cccnc3)c(O)c2CN(C)C)N(C)C1CSc1ccccn1. The van der Waals surface area contributed by atoms with Gasteiger partial charge in [0.25, 0.3) is 0 Å². The number of carbonyl (C=O) groups excluding carboxylic acids is 1. The van der Waals surface area contributed by atoms with Gasteiger partial charge in [-0.15, -0.1) is 11.8 Å². The fraction of sp³-hybridized carbons (Fsp3) is 0.346. The molecule has 7 nitrogen and oxygen atoms in total. The molecule has 0 radical (unpaired) electrons. The summed E-state index contributed by atoms with van der Waals surface area (Å²) in [6.45, 7) is 2.61. The van der Waals surface area contributed by atoms with Gasteiger partial charge in [-0.2, -0.15) is 0 Å². The molecule has 178 valence electrons. The number of phenolic OH excluding ortho intramolecular Hbond substituents is 1. The maximum absolute atomic E-state index is 13.3. The van der Waals surface area contributed by atoms with Crippen molar-refractivity contribution in [2.45, 2.75) is 30.5 Å². The summed E-state index contributed by atoms with van der Waals surface area (Å²) in [6.07, 6.45) is 5.22. The highest BCUT2D eigenvalue weighted by atomic mass is 32.2. The highest BCUT2D eigenvalue weighted by Gasteiger charge is 2.45. The number of esters is 1. The van der Waals surface area contributed by atoms with E-state index in [-0.39, 0.29) is 17.8 Å². The predicted molar refractivity (Wildman–Crippen MR) is 135 cm³/mol. The van der Waals surface area contributed by atoms with Gasteiger partial charge >= 0.3 is 5.97 Å². The van der Waals surface area contributed by atoms with Gasteiger partial charge in [-0.25, -0.2) is 4.98 Å². The van der Waals surface area contributed by atoms with Crippen LogP contribution in [0, 0.1) is 0 Å². The molecule has 1 N–H and O–H groups in total. The van der Waals surface area contributed by atoms with E-state index in [1.165, 1.54) is 0 Å². The summed E-state index contributed by atoms with van der Waals surface area (Å²) in [5.41, 5.74) is 4.05. The van der Waals surface area contributed by atoms with Gasteiger partial charge in [0.1, 0.15) is 11.7 Å². The number of fused-ring (bicyclic) bond motifs is 1. The number of carbonyl (C=O) groups is 1. The number of aromatic hydroxyl groups is 1. The summed E-state index contributed by atoms with van der Waals surface area (Å²) in [5, 5.41) is 12.3. The normalized spacial score (nSPS) is 17.1. The van der Waals surface area contributed by atoms with Crippen LogP contribution in [0.3, 0.4) is 0 Å². The summed E-state index contributed by atoms with van der Waals surface area (Å²) >= 11 is 1.61. The van der Waals surface area contributed by atoms with Gasteiger partial charge < -0.3 is 19.6 Å². The fourth-order valence-electron chi connectivity index (χ4n) is 4.50. The molecule has 0 amide bonds. The number of anilines is 1. The van der Waals surface area contributed by atoms with E-state index in [4.69, 9.17) is 4.74 Å². The molecule has 0 bridgehead atoms. The number of benzene rings is 1. The van der Waals surface area contributed by atoms with Gasteiger partial charge in [0.2, 0.25) is 0 Å². The number of rotatable bonds is 8. The number of thioether (sulfide) groups is 1. The Balaban J connectivity index is 1.84. The van der Waals surface area contributed by atoms with Crippen molar-refractivity contribution in [3.05, 3.63) is 66.1 Å². The van der Waals surface area contributed by atoms with Crippen molar-refractivity contribution >= 4 is 23.4 Å². The van der Waals surface area contributed by atoms with E-state index in [2.05, 4.69) is 14.9 Å². The number of likely N-dealkylation sites (N-methyl/N-ethyl adjacent to an activating group) is 1. The zero-order chi connectivity index (χ0) is 24.2. The molecule has 2 unspecified atom stereocenters. The standard InChI is InChI=1S/C26H30N4O3S/c1-5-33-26(32)24-21(16-34-22-10-6-7-12-28-22)30(4)20-13-18(17-9-8-11-27-14-17)25(31)19(23(20)24)15-29(2)3/h6-14,21,24,31H,5,15-16H2,1-4H3. The zero-order valence-corrected chi connectivity index (χ0v) is 20.7. The fourth-order valence-corrected chi connectivity index (χ4v) is 5.57. The Morgan fingerprint density at radius 2 is 2.06 bits per heavy atom. The predicted octanol–water partition coefficient (Wildman–Crippen LogP) is 4.17. The third kappa shape index (κ3) is 4.74. The van der Waals surface area contributed by atoms with Gasteiger partial charge in [0, 0.05) is 60.3 Å². The minimum atomic E-state index is -0.514. The molecule has 0 fully saturated rings. The average molecular weight is 479 g/mol. The molecule has 0 saturated carbocycles. The van der Waals surface area contributed by atoms with E-state index in [1.54, 1.807) is 30.4 Å². The minimum Gasteiger partial charge on any atom is -0.507 e. The van der Waals surface area contributed by atoms with Crippen molar-refractivity contribution < 1.29 is 14.6 Å². The number of hydrogen-bond acceptors (Lipinski definition) is 8. The Bertz CT molecular complexity index is 1140. The largest absolute Gasteiger partial charge is 0.507 e. The molecule has 3 heterocycles. The molecule has 1 aromatic carbocycles. The van der Waals surface area contributed by atoms with Crippen molar-refractivity contribution in [2.75, 3.05) is 38.4 Å². The topological polar surface area (TPSA) is 78.8 Å². The van der Waals surface area contributed by atoms with Crippen LogP contribution in [0.25, 0.3) is 11.1 Å². The highest BCUT2D eigenvalue weighted by molar-refractivity contribution is 7.99. The summed E-state index contributed by atoms with van der Waals surface area (Å²) in [7, 11) is 5.91. The Morgan fingerprint density at radius 3 is 2.71 bits per heavy atom. The van der Waals surface area contributed by atoms with Gasteiger partial charge in [0.15, 0.2) is 0 Å². The molecule has 2 atom stereocenters. The third-order valence-corrected chi connectivity index (χ3v) is 7.07. The summed E-state index contributed by atoms with van der Waals surface area (Å²) in [6, 6.07) is 11.4. The van der Waals surface area contributed by atoms with Crippen molar-refractivity contribution in [3.63, 3.8) is 0 Å². The molecule has 8 heteroatoms. The van der Waals surface area contributed by atoms with Crippen LogP contribution < -0.4 is 4.90 Å². The van der Waals surface area contributed by atoms with Crippen molar-refractivity contribution in [2.24, 2.45) is 0 Å². The van der Waals surface area contributed by atoms with Gasteiger partial charge in [-0.1, -0.05) is 12.1 Å². The van der Waals surface area contributed by atoms with Crippen LogP contribution in [-0.2, 0) is 16.1 Å². The maximum atomic E-state index is 13.3. The van der Waals surface area contributed by atoms with Crippen LogP contribution in [-0.4, -0.2) is 65.5 Å². The number of hydrogen-bond donors (Lipinski definition) is 1. The first kappa shape index (κ1) is 24.0. The summed E-state index contributed by atoms with van der Waals surface area (Å²) in [5.74, 6) is 0.0465. The molecule has 1 aliphatic heterocycles. The van der Waals surface area contributed by atoms with Crippen molar-refractivity contribution in [1.29, 1.82) is 0 Å². The lowest BCUT2D eigenvalue weighted by Gasteiger charge is -2.25. The van der Waals surface area contributed by atoms with E-state index in [0.717, 1.165) is 27.4 Å². The molecule has 0 spiro atoms. The third-order valence-electron chi connectivity index (χ3n) is 6.02. The molecule has 4 rings (SSSR count). The molecular weight excluding hydrogens is 448 g/mol. The molecule has 1 aliphatic rings. The quantitative estimate of drug-likeness (QED) is 0.382. The van der Waals surface area contributed by atoms with E-state index in [1.807, 2.05) is 69.4 Å². The van der Waals surface area contributed by atoms with Crippen LogP contribution in [0.1, 0.15) is 24.0 Å².